The Morgan fingerprint density at radius 3 is 2.00 bits per heavy atom. The van der Waals surface area contributed by atoms with Crippen molar-refractivity contribution >= 4 is 22.4 Å². The summed E-state index contributed by atoms with van der Waals surface area (Å²) in [5.41, 5.74) is 8.29. The van der Waals surface area contributed by atoms with Crippen LogP contribution < -0.4 is 0 Å². The average Bonchev–Trinajstić information content (AvgIpc) is 3.06. The lowest BCUT2D eigenvalue weighted by atomic mass is 9.80. The molecular weight excluding hydrogens is 348 g/mol. The van der Waals surface area contributed by atoms with Gasteiger partial charge in [0.15, 0.2) is 0 Å². The number of benzene rings is 4. The van der Waals surface area contributed by atoms with Crippen molar-refractivity contribution in [3.8, 4) is 11.1 Å². The van der Waals surface area contributed by atoms with E-state index < -0.39 is 0 Å². The molecule has 0 aliphatic heterocycles. The van der Waals surface area contributed by atoms with Gasteiger partial charge in [0.2, 0.25) is 0 Å². The second-order valence-corrected chi connectivity index (χ2v) is 7.76. The van der Waals surface area contributed by atoms with Gasteiger partial charge in [-0.15, -0.1) is 11.6 Å². The van der Waals surface area contributed by atoms with E-state index >= 15 is 0 Å². The largest absolute Gasteiger partial charge is 0.126 e. The van der Waals surface area contributed by atoms with Crippen LogP contribution in [0.1, 0.15) is 41.0 Å². The molecule has 0 saturated heterocycles. The van der Waals surface area contributed by atoms with E-state index in [1.165, 1.54) is 44.2 Å². The number of alkyl halides is 1. The first-order chi connectivity index (χ1) is 13.3. The highest BCUT2D eigenvalue weighted by molar-refractivity contribution is 6.18. The Balaban J connectivity index is 1.89. The third-order valence-corrected chi connectivity index (χ3v) is 6.35. The first-order valence-corrected chi connectivity index (χ1v) is 10.1. The van der Waals surface area contributed by atoms with Gasteiger partial charge in [0.05, 0.1) is 0 Å². The molecule has 0 radical (unpaired) electrons. The summed E-state index contributed by atoms with van der Waals surface area (Å²) in [4.78, 5) is 0. The zero-order valence-electron chi connectivity index (χ0n) is 15.3. The number of halogens is 1. The number of rotatable bonds is 3. The highest BCUT2D eigenvalue weighted by atomic mass is 35.5. The van der Waals surface area contributed by atoms with Crippen LogP contribution in [0.2, 0.25) is 0 Å². The second-order valence-electron chi connectivity index (χ2n) is 7.45. The van der Waals surface area contributed by atoms with E-state index in [-0.39, 0.29) is 5.92 Å². The molecule has 0 aromatic heterocycles. The van der Waals surface area contributed by atoms with Gasteiger partial charge < -0.3 is 0 Å². The molecule has 27 heavy (non-hydrogen) atoms. The molecule has 0 N–H and O–H groups in total. The summed E-state index contributed by atoms with van der Waals surface area (Å²) < 4.78 is 0. The molecule has 1 unspecified atom stereocenters. The van der Waals surface area contributed by atoms with Gasteiger partial charge in [-0.2, -0.15) is 0 Å². The second kappa shape index (κ2) is 6.55. The SMILES string of the molecule is CC(CCl)c1ccc2ccccc2c1C1c2ccccc2-c2ccccc21. The molecule has 0 saturated carbocycles. The lowest BCUT2D eigenvalue weighted by Crippen LogP contribution is -2.08. The predicted molar refractivity (Wildman–Crippen MR) is 116 cm³/mol. The summed E-state index contributed by atoms with van der Waals surface area (Å²) in [7, 11) is 0. The highest BCUT2D eigenvalue weighted by Gasteiger charge is 2.32. The molecule has 0 fully saturated rings. The molecule has 1 atom stereocenters. The van der Waals surface area contributed by atoms with Crippen LogP contribution in [0.3, 0.4) is 0 Å². The van der Waals surface area contributed by atoms with Crippen molar-refractivity contribution in [2.45, 2.75) is 18.8 Å². The molecule has 4 aromatic carbocycles. The van der Waals surface area contributed by atoms with Gasteiger partial charge in [-0.25, -0.2) is 0 Å². The van der Waals surface area contributed by atoms with E-state index in [0.29, 0.717) is 11.8 Å². The normalized spacial score (nSPS) is 14.1. The Labute approximate surface area is 165 Å². The first kappa shape index (κ1) is 16.6. The van der Waals surface area contributed by atoms with Crippen molar-refractivity contribution in [1.82, 2.24) is 0 Å². The van der Waals surface area contributed by atoms with E-state index in [4.69, 9.17) is 11.6 Å². The van der Waals surface area contributed by atoms with Crippen LogP contribution in [-0.2, 0) is 0 Å². The fourth-order valence-electron chi connectivity index (χ4n) is 4.61. The number of hydrogen-bond acceptors (Lipinski definition) is 0. The highest BCUT2D eigenvalue weighted by Crippen LogP contribution is 2.50. The smallest absolute Gasteiger partial charge is 0.0361 e. The van der Waals surface area contributed by atoms with Crippen molar-refractivity contribution in [2.24, 2.45) is 0 Å². The van der Waals surface area contributed by atoms with E-state index in [0.717, 1.165) is 0 Å². The number of hydrogen-bond donors (Lipinski definition) is 0. The van der Waals surface area contributed by atoms with Gasteiger partial charge in [0, 0.05) is 11.8 Å². The molecule has 132 valence electrons. The van der Waals surface area contributed by atoms with Crippen molar-refractivity contribution in [2.75, 3.05) is 5.88 Å². The van der Waals surface area contributed by atoms with Crippen LogP contribution in [-0.4, -0.2) is 5.88 Å². The summed E-state index contributed by atoms with van der Waals surface area (Å²) in [6.45, 7) is 2.23. The fourth-order valence-corrected chi connectivity index (χ4v) is 4.78. The zero-order chi connectivity index (χ0) is 18.4. The van der Waals surface area contributed by atoms with E-state index in [2.05, 4.69) is 91.9 Å². The Morgan fingerprint density at radius 1 is 0.741 bits per heavy atom. The van der Waals surface area contributed by atoms with E-state index in [1.807, 2.05) is 0 Å². The maximum absolute atomic E-state index is 6.32. The third-order valence-electron chi connectivity index (χ3n) is 5.89. The van der Waals surface area contributed by atoms with Crippen LogP contribution >= 0.6 is 11.6 Å². The maximum Gasteiger partial charge on any atom is 0.0361 e. The van der Waals surface area contributed by atoms with E-state index in [9.17, 15) is 0 Å². The van der Waals surface area contributed by atoms with Crippen LogP contribution in [0, 0.1) is 0 Å². The fraction of sp³-hybridized carbons (Fsp3) is 0.154. The minimum absolute atomic E-state index is 0.254. The Morgan fingerprint density at radius 2 is 1.33 bits per heavy atom. The summed E-state index contributed by atoms with van der Waals surface area (Å²) >= 11 is 6.32. The maximum atomic E-state index is 6.32. The minimum atomic E-state index is 0.254. The molecule has 0 heterocycles. The molecule has 1 aliphatic rings. The minimum Gasteiger partial charge on any atom is -0.126 e. The van der Waals surface area contributed by atoms with Gasteiger partial charge in [-0.3, -0.25) is 0 Å². The average molecular weight is 369 g/mol. The molecular formula is C26H21Cl. The Kier molecular flexibility index (Phi) is 4.02. The zero-order valence-corrected chi connectivity index (χ0v) is 16.1. The van der Waals surface area contributed by atoms with Crippen molar-refractivity contribution < 1.29 is 0 Å². The Hall–Kier alpha value is -2.57. The summed E-state index contributed by atoms with van der Waals surface area (Å²) in [5.74, 6) is 1.19. The molecule has 4 aromatic rings. The summed E-state index contributed by atoms with van der Waals surface area (Å²) in [6, 6.07) is 31.0. The van der Waals surface area contributed by atoms with Crippen LogP contribution in [0.4, 0.5) is 0 Å². The van der Waals surface area contributed by atoms with Crippen molar-refractivity contribution in [1.29, 1.82) is 0 Å². The Bertz CT molecular complexity index is 1100. The monoisotopic (exact) mass is 368 g/mol. The molecule has 1 aliphatic carbocycles. The topological polar surface area (TPSA) is 0 Å². The molecule has 5 rings (SSSR count). The predicted octanol–water partition coefficient (Wildman–Crippen LogP) is 7.34. The van der Waals surface area contributed by atoms with Gasteiger partial charge in [0.25, 0.3) is 0 Å². The quantitative estimate of drug-likeness (QED) is 0.292. The molecule has 0 spiro atoms. The van der Waals surface area contributed by atoms with Gasteiger partial charge in [0.1, 0.15) is 0 Å². The van der Waals surface area contributed by atoms with Crippen LogP contribution in [0.15, 0.2) is 84.9 Å². The standard InChI is InChI=1S/C26H21Cl/c1-17(16-27)19-15-14-18-8-2-3-9-20(18)25(19)26-23-12-6-4-10-21(23)22-11-5-7-13-24(22)26/h2-15,17,26H,16H2,1H3. The molecule has 1 heteroatoms. The molecule has 0 amide bonds. The van der Waals surface area contributed by atoms with Crippen molar-refractivity contribution in [3.05, 3.63) is 107 Å². The summed E-state index contributed by atoms with van der Waals surface area (Å²) in [6.07, 6.45) is 0. The first-order valence-electron chi connectivity index (χ1n) is 9.55. The molecule has 0 nitrogen and oxygen atoms in total. The van der Waals surface area contributed by atoms with Gasteiger partial charge in [-0.1, -0.05) is 91.9 Å². The van der Waals surface area contributed by atoms with Crippen LogP contribution in [0.25, 0.3) is 21.9 Å². The lowest BCUT2D eigenvalue weighted by Gasteiger charge is -2.23. The van der Waals surface area contributed by atoms with Gasteiger partial charge in [-0.05, 0) is 50.1 Å². The summed E-state index contributed by atoms with van der Waals surface area (Å²) in [5, 5.41) is 2.63. The lowest BCUT2D eigenvalue weighted by molar-refractivity contribution is 0.844. The van der Waals surface area contributed by atoms with Crippen LogP contribution in [0.5, 0.6) is 0 Å². The van der Waals surface area contributed by atoms with E-state index in [1.54, 1.807) is 0 Å². The third kappa shape index (κ3) is 2.51. The van der Waals surface area contributed by atoms with Gasteiger partial charge >= 0.3 is 0 Å². The molecule has 0 bridgehead atoms. The number of fused-ring (bicyclic) bond motifs is 4. The van der Waals surface area contributed by atoms with Crippen molar-refractivity contribution in [3.63, 3.8) is 0 Å².